The first kappa shape index (κ1) is 24.1. The summed E-state index contributed by atoms with van der Waals surface area (Å²) in [6, 6.07) is 9.31. The van der Waals surface area contributed by atoms with Crippen LogP contribution in [0.2, 0.25) is 0 Å². The number of ether oxygens (including phenoxy) is 3. The van der Waals surface area contributed by atoms with Gasteiger partial charge in [-0.2, -0.15) is 5.26 Å². The van der Waals surface area contributed by atoms with Gasteiger partial charge in [-0.3, -0.25) is 25.0 Å². The van der Waals surface area contributed by atoms with E-state index in [-0.39, 0.29) is 28.9 Å². The lowest BCUT2D eigenvalue weighted by atomic mass is 10.1. The fourth-order valence-electron chi connectivity index (χ4n) is 3.25. The Bertz CT molecular complexity index is 1180. The lowest BCUT2D eigenvalue weighted by molar-refractivity contribution is -0.394. The smallest absolute Gasteiger partial charge is 0.318 e. The molecule has 1 aliphatic heterocycles. The number of nitrogens with one attached hydrogen (secondary N) is 1. The van der Waals surface area contributed by atoms with E-state index in [0.717, 1.165) is 31.0 Å². The van der Waals surface area contributed by atoms with Gasteiger partial charge < -0.3 is 19.5 Å². The molecule has 2 aromatic rings. The van der Waals surface area contributed by atoms with E-state index in [2.05, 4.69) is 5.32 Å². The molecule has 12 nitrogen and oxygen atoms in total. The third-order valence-electron chi connectivity index (χ3n) is 4.95. The molecule has 176 valence electrons. The number of non-ortho nitro benzene ring substituents is 1. The minimum Gasteiger partial charge on any atom is -0.493 e. The molecule has 2 aromatic carbocycles. The molecule has 12 heteroatoms. The molecule has 34 heavy (non-hydrogen) atoms. The molecule has 3 rings (SSSR count). The molecule has 0 aliphatic carbocycles. The standard InChI is InChI=1S/C22H20N4O8/c1-32-21-10-14(9-15(12-23)22(27)24-13-17-3-2-8-33-17)4-6-20(21)34-19-7-5-16(25(28)29)11-18(19)26(30)31/h4-7,9-11,17H,2-3,8,13H2,1H3,(H,24,27)/b15-9+. The first-order chi connectivity index (χ1) is 16.3. The van der Waals surface area contributed by atoms with E-state index >= 15 is 0 Å². The van der Waals surface area contributed by atoms with Gasteiger partial charge >= 0.3 is 5.69 Å². The number of carbonyl (C=O) groups excluding carboxylic acids is 1. The summed E-state index contributed by atoms with van der Waals surface area (Å²) in [5.74, 6) is -0.501. The second-order valence-corrected chi connectivity index (χ2v) is 7.19. The van der Waals surface area contributed by atoms with Crippen LogP contribution in [0.4, 0.5) is 11.4 Å². The van der Waals surface area contributed by atoms with Crippen LogP contribution in [0, 0.1) is 31.6 Å². The number of hydrogen-bond acceptors (Lipinski definition) is 9. The van der Waals surface area contributed by atoms with Crippen molar-refractivity contribution in [1.82, 2.24) is 5.32 Å². The average molecular weight is 468 g/mol. The largest absolute Gasteiger partial charge is 0.493 e. The highest BCUT2D eigenvalue weighted by Crippen LogP contribution is 2.38. The minimum absolute atomic E-state index is 0.0658. The van der Waals surface area contributed by atoms with Crippen LogP contribution in [0.5, 0.6) is 17.2 Å². The quantitative estimate of drug-likeness (QED) is 0.251. The van der Waals surface area contributed by atoms with Gasteiger partial charge in [-0.05, 0) is 42.7 Å². The molecular formula is C22H20N4O8. The van der Waals surface area contributed by atoms with E-state index in [1.807, 2.05) is 6.07 Å². The fraction of sp³-hybridized carbons (Fsp3) is 0.273. The zero-order valence-corrected chi connectivity index (χ0v) is 18.1. The predicted octanol–water partition coefficient (Wildman–Crippen LogP) is 3.51. The molecule has 0 aromatic heterocycles. The van der Waals surface area contributed by atoms with Gasteiger partial charge in [-0.1, -0.05) is 6.07 Å². The molecule has 0 spiro atoms. The van der Waals surface area contributed by atoms with Crippen LogP contribution in [0.25, 0.3) is 6.08 Å². The van der Waals surface area contributed by atoms with Crippen molar-refractivity contribution in [1.29, 1.82) is 5.26 Å². The number of carbonyl (C=O) groups is 1. The average Bonchev–Trinajstić information content (AvgIpc) is 3.35. The molecule has 1 amide bonds. The highest BCUT2D eigenvalue weighted by atomic mass is 16.6. The van der Waals surface area contributed by atoms with Crippen LogP contribution in [-0.2, 0) is 9.53 Å². The molecule has 1 saturated heterocycles. The Balaban J connectivity index is 1.81. The summed E-state index contributed by atoms with van der Waals surface area (Å²) >= 11 is 0. The van der Waals surface area contributed by atoms with Gasteiger partial charge in [0.05, 0.1) is 29.1 Å². The molecular weight excluding hydrogens is 448 g/mol. The summed E-state index contributed by atoms with van der Waals surface area (Å²) in [6.07, 6.45) is 3.07. The number of nitro benzene ring substituents is 2. The number of hydrogen-bond donors (Lipinski definition) is 1. The van der Waals surface area contributed by atoms with E-state index in [9.17, 15) is 30.3 Å². The van der Waals surface area contributed by atoms with Crippen LogP contribution in [0.3, 0.4) is 0 Å². The normalized spacial score (nSPS) is 15.3. The number of nitro groups is 2. The monoisotopic (exact) mass is 468 g/mol. The number of methoxy groups -OCH3 is 1. The Morgan fingerprint density at radius 2 is 1.97 bits per heavy atom. The van der Waals surface area contributed by atoms with E-state index in [1.165, 1.54) is 31.4 Å². The summed E-state index contributed by atoms with van der Waals surface area (Å²) in [5, 5.41) is 34.3. The van der Waals surface area contributed by atoms with Crippen molar-refractivity contribution in [3.63, 3.8) is 0 Å². The van der Waals surface area contributed by atoms with E-state index in [0.29, 0.717) is 18.7 Å². The molecule has 0 bridgehead atoms. The van der Waals surface area contributed by atoms with Crippen LogP contribution < -0.4 is 14.8 Å². The molecule has 1 atom stereocenters. The van der Waals surface area contributed by atoms with Gasteiger partial charge in [0.15, 0.2) is 11.5 Å². The number of nitriles is 1. The van der Waals surface area contributed by atoms with Gasteiger partial charge in [0.1, 0.15) is 11.6 Å². The van der Waals surface area contributed by atoms with Crippen molar-refractivity contribution in [3.05, 3.63) is 67.8 Å². The molecule has 1 N–H and O–H groups in total. The van der Waals surface area contributed by atoms with Gasteiger partial charge in [-0.15, -0.1) is 0 Å². The van der Waals surface area contributed by atoms with Crippen molar-refractivity contribution >= 4 is 23.4 Å². The third kappa shape index (κ3) is 5.84. The first-order valence-corrected chi connectivity index (χ1v) is 10.1. The van der Waals surface area contributed by atoms with Crippen molar-refractivity contribution in [2.45, 2.75) is 18.9 Å². The van der Waals surface area contributed by atoms with Crippen LogP contribution in [0.1, 0.15) is 18.4 Å². The summed E-state index contributed by atoms with van der Waals surface area (Å²) in [7, 11) is 1.35. The Kier molecular flexibility index (Phi) is 7.73. The Morgan fingerprint density at radius 1 is 1.21 bits per heavy atom. The number of amides is 1. The molecule has 1 fully saturated rings. The highest BCUT2D eigenvalue weighted by molar-refractivity contribution is 6.01. The minimum atomic E-state index is -0.791. The predicted molar refractivity (Wildman–Crippen MR) is 118 cm³/mol. The number of rotatable bonds is 9. The SMILES string of the molecule is COc1cc(/C=C(\C#N)C(=O)NCC2CCCO2)ccc1Oc1ccc([N+](=O)[O-])cc1[N+](=O)[O-]. The van der Waals surface area contributed by atoms with E-state index < -0.39 is 27.1 Å². The Hall–Kier alpha value is -4.50. The third-order valence-corrected chi connectivity index (χ3v) is 4.95. The maximum Gasteiger partial charge on any atom is 0.318 e. The lowest BCUT2D eigenvalue weighted by Crippen LogP contribution is -2.32. The van der Waals surface area contributed by atoms with E-state index in [1.54, 1.807) is 0 Å². The number of benzene rings is 2. The topological polar surface area (TPSA) is 167 Å². The van der Waals surface area contributed by atoms with Crippen molar-refractivity contribution in [2.24, 2.45) is 0 Å². The van der Waals surface area contributed by atoms with Gasteiger partial charge in [-0.25, -0.2) is 0 Å². The molecule has 0 saturated carbocycles. The van der Waals surface area contributed by atoms with Crippen LogP contribution in [-0.4, -0.2) is 42.1 Å². The Labute approximate surface area is 193 Å². The molecule has 1 unspecified atom stereocenters. The summed E-state index contributed by atoms with van der Waals surface area (Å²) in [5.41, 5.74) is -0.714. The lowest BCUT2D eigenvalue weighted by Gasteiger charge is -2.12. The number of nitrogens with zero attached hydrogens (tertiary/aromatic N) is 3. The van der Waals surface area contributed by atoms with Crippen LogP contribution >= 0.6 is 0 Å². The highest BCUT2D eigenvalue weighted by Gasteiger charge is 2.22. The summed E-state index contributed by atoms with van der Waals surface area (Å²) in [6.45, 7) is 0.959. The van der Waals surface area contributed by atoms with Gasteiger partial charge in [0.25, 0.3) is 11.6 Å². The second-order valence-electron chi connectivity index (χ2n) is 7.19. The van der Waals surface area contributed by atoms with Crippen LogP contribution in [0.15, 0.2) is 42.0 Å². The molecule has 0 radical (unpaired) electrons. The zero-order valence-electron chi connectivity index (χ0n) is 18.1. The summed E-state index contributed by atoms with van der Waals surface area (Å²) < 4.78 is 16.3. The second kappa shape index (κ2) is 10.9. The van der Waals surface area contributed by atoms with Crippen molar-refractivity contribution in [2.75, 3.05) is 20.3 Å². The Morgan fingerprint density at radius 3 is 2.59 bits per heavy atom. The van der Waals surface area contributed by atoms with Gasteiger partial charge in [0.2, 0.25) is 5.75 Å². The fourth-order valence-corrected chi connectivity index (χ4v) is 3.25. The maximum atomic E-state index is 12.3. The molecule has 1 aliphatic rings. The van der Waals surface area contributed by atoms with E-state index in [4.69, 9.17) is 14.2 Å². The summed E-state index contributed by atoms with van der Waals surface area (Å²) in [4.78, 5) is 33.1. The zero-order chi connectivity index (χ0) is 24.7. The molecule has 1 heterocycles. The first-order valence-electron chi connectivity index (χ1n) is 10.1. The van der Waals surface area contributed by atoms with Crippen molar-refractivity contribution in [3.8, 4) is 23.3 Å². The maximum absolute atomic E-state index is 12.3. The van der Waals surface area contributed by atoms with Gasteiger partial charge in [0, 0.05) is 19.2 Å². The van der Waals surface area contributed by atoms with Crippen molar-refractivity contribution < 1.29 is 28.9 Å².